The Morgan fingerprint density at radius 1 is 1.00 bits per heavy atom. The molecule has 0 radical (unpaired) electrons. The zero-order valence-corrected chi connectivity index (χ0v) is 8.77. The maximum atomic E-state index is 12.6. The highest BCUT2D eigenvalue weighted by Crippen LogP contribution is 2.37. The van der Waals surface area contributed by atoms with Gasteiger partial charge in [0.1, 0.15) is 0 Å². The van der Waals surface area contributed by atoms with E-state index in [9.17, 15) is 8.78 Å². The molecular weight excluding hydrogens is 198 g/mol. The number of halogens is 2. The predicted octanol–water partition coefficient (Wildman–Crippen LogP) is 4.81. The van der Waals surface area contributed by atoms with Crippen molar-refractivity contribution in [1.29, 1.82) is 0 Å². The van der Waals surface area contributed by atoms with E-state index < -0.39 is 0 Å². The Labute approximate surface area is 79.9 Å². The monoisotopic (exact) mass is 210 g/mol. The molecule has 0 spiro atoms. The van der Waals surface area contributed by atoms with Gasteiger partial charge in [-0.3, -0.25) is 0 Å². The zero-order chi connectivity index (χ0) is 9.40. The summed E-state index contributed by atoms with van der Waals surface area (Å²) in [6.07, 6.45) is 4.13. The standard InChI is InChI=1S/C8H12F2S2/c1-3-5-7(9)11-12-8(10)6-4-2/h5-6H,3-4H2,1-2H3. The molecule has 0 amide bonds. The maximum Gasteiger partial charge on any atom is 0.163 e. The highest BCUT2D eigenvalue weighted by molar-refractivity contribution is 8.79. The lowest BCUT2D eigenvalue weighted by atomic mass is 10.5. The van der Waals surface area contributed by atoms with Gasteiger partial charge in [0.2, 0.25) is 0 Å². The quantitative estimate of drug-likeness (QED) is 0.597. The molecule has 0 fully saturated rings. The van der Waals surface area contributed by atoms with Crippen LogP contribution in [-0.4, -0.2) is 0 Å². The fourth-order valence-electron chi connectivity index (χ4n) is 0.469. The summed E-state index contributed by atoms with van der Waals surface area (Å²) in [7, 11) is 1.63. The molecule has 4 heteroatoms. The predicted molar refractivity (Wildman–Crippen MR) is 54.1 cm³/mol. The second kappa shape index (κ2) is 7.68. The zero-order valence-electron chi connectivity index (χ0n) is 7.14. The average molecular weight is 210 g/mol. The van der Waals surface area contributed by atoms with Crippen molar-refractivity contribution in [3.63, 3.8) is 0 Å². The summed E-state index contributed by atoms with van der Waals surface area (Å²) in [6.45, 7) is 3.67. The summed E-state index contributed by atoms with van der Waals surface area (Å²) < 4.78 is 25.2. The summed E-state index contributed by atoms with van der Waals surface area (Å²) >= 11 is 0. The van der Waals surface area contributed by atoms with Crippen LogP contribution < -0.4 is 0 Å². The molecule has 0 nitrogen and oxygen atoms in total. The van der Waals surface area contributed by atoms with Gasteiger partial charge in [0.25, 0.3) is 0 Å². The lowest BCUT2D eigenvalue weighted by Gasteiger charge is -1.93. The van der Waals surface area contributed by atoms with E-state index >= 15 is 0 Å². The van der Waals surface area contributed by atoms with Gasteiger partial charge in [-0.2, -0.15) is 8.78 Å². The summed E-state index contributed by atoms with van der Waals surface area (Å²) in [5.74, 6) is 0. The molecule has 0 bridgehead atoms. The van der Waals surface area contributed by atoms with Gasteiger partial charge in [-0.05, 0) is 46.6 Å². The van der Waals surface area contributed by atoms with Gasteiger partial charge in [0.15, 0.2) is 10.3 Å². The Kier molecular flexibility index (Phi) is 7.70. The minimum atomic E-state index is -0.331. The van der Waals surface area contributed by atoms with E-state index in [1.807, 2.05) is 13.8 Å². The Balaban J connectivity index is 3.68. The molecule has 0 aromatic heterocycles. The molecule has 70 valence electrons. The first-order valence-electron chi connectivity index (χ1n) is 3.76. The highest BCUT2D eigenvalue weighted by Gasteiger charge is 1.99. The Hall–Kier alpha value is 0.0400. The van der Waals surface area contributed by atoms with E-state index in [1.54, 1.807) is 0 Å². The van der Waals surface area contributed by atoms with Crippen LogP contribution in [-0.2, 0) is 0 Å². The van der Waals surface area contributed by atoms with Gasteiger partial charge in [-0.1, -0.05) is 13.8 Å². The molecule has 0 aliphatic carbocycles. The molecule has 0 aromatic rings. The van der Waals surface area contributed by atoms with Crippen LogP contribution in [0.3, 0.4) is 0 Å². The number of hydrogen-bond acceptors (Lipinski definition) is 2. The first-order valence-corrected chi connectivity index (χ1v) is 5.91. The van der Waals surface area contributed by atoms with Gasteiger partial charge in [0.05, 0.1) is 0 Å². The molecule has 0 heterocycles. The van der Waals surface area contributed by atoms with E-state index in [0.29, 0.717) is 12.8 Å². The van der Waals surface area contributed by atoms with Crippen molar-refractivity contribution in [2.75, 3.05) is 0 Å². The van der Waals surface area contributed by atoms with Crippen LogP contribution in [0.4, 0.5) is 8.78 Å². The van der Waals surface area contributed by atoms with Crippen LogP contribution in [0.2, 0.25) is 0 Å². The molecule has 0 rings (SSSR count). The average Bonchev–Trinajstić information content (AvgIpc) is 2.02. The van der Waals surface area contributed by atoms with E-state index in [-0.39, 0.29) is 10.3 Å². The minimum absolute atomic E-state index is 0.331. The number of allylic oxidation sites excluding steroid dienone is 2. The van der Waals surface area contributed by atoms with Crippen molar-refractivity contribution in [3.05, 3.63) is 22.5 Å². The maximum absolute atomic E-state index is 12.6. The van der Waals surface area contributed by atoms with Gasteiger partial charge < -0.3 is 0 Å². The molecule has 0 saturated carbocycles. The van der Waals surface area contributed by atoms with Crippen LogP contribution in [0, 0.1) is 0 Å². The molecule has 0 aromatic carbocycles. The van der Waals surface area contributed by atoms with E-state index in [0.717, 1.165) is 21.6 Å². The first-order chi connectivity index (χ1) is 5.70. The minimum Gasteiger partial charge on any atom is -0.199 e. The molecule has 0 N–H and O–H groups in total. The molecule has 0 aliphatic rings. The van der Waals surface area contributed by atoms with Crippen molar-refractivity contribution in [1.82, 2.24) is 0 Å². The normalized spacial score (nSPS) is 13.7. The summed E-state index contributed by atoms with van der Waals surface area (Å²) in [5, 5.41) is -0.663. The van der Waals surface area contributed by atoms with Crippen LogP contribution in [0.25, 0.3) is 0 Å². The Bertz CT molecular complexity index is 156. The topological polar surface area (TPSA) is 0 Å². The smallest absolute Gasteiger partial charge is 0.163 e. The van der Waals surface area contributed by atoms with Gasteiger partial charge in [-0.25, -0.2) is 0 Å². The number of rotatable bonds is 5. The van der Waals surface area contributed by atoms with Gasteiger partial charge in [-0.15, -0.1) is 0 Å². The van der Waals surface area contributed by atoms with E-state index in [1.165, 1.54) is 12.2 Å². The fraction of sp³-hybridized carbons (Fsp3) is 0.500. The first kappa shape index (κ1) is 12.0. The van der Waals surface area contributed by atoms with E-state index in [2.05, 4.69) is 0 Å². The van der Waals surface area contributed by atoms with Crippen molar-refractivity contribution in [2.24, 2.45) is 0 Å². The Morgan fingerprint density at radius 2 is 1.33 bits per heavy atom. The lowest BCUT2D eigenvalue weighted by Crippen LogP contribution is -1.63. The highest BCUT2D eigenvalue weighted by atomic mass is 33.1. The van der Waals surface area contributed by atoms with Crippen molar-refractivity contribution < 1.29 is 8.78 Å². The van der Waals surface area contributed by atoms with Crippen LogP contribution in [0.15, 0.2) is 22.5 Å². The molecule has 0 saturated heterocycles. The second-order valence-electron chi connectivity index (χ2n) is 2.00. The SMILES string of the molecule is CCC=C(F)SSC(F)=CCC. The van der Waals surface area contributed by atoms with Crippen LogP contribution in [0.1, 0.15) is 26.7 Å². The number of hydrogen-bond donors (Lipinski definition) is 0. The van der Waals surface area contributed by atoms with E-state index in [4.69, 9.17) is 0 Å². The van der Waals surface area contributed by atoms with Gasteiger partial charge in [0, 0.05) is 0 Å². The van der Waals surface area contributed by atoms with Crippen LogP contribution in [0.5, 0.6) is 0 Å². The summed E-state index contributed by atoms with van der Waals surface area (Å²) in [4.78, 5) is 0. The summed E-state index contributed by atoms with van der Waals surface area (Å²) in [6, 6.07) is 0. The Morgan fingerprint density at radius 3 is 1.58 bits per heavy atom. The second-order valence-corrected chi connectivity index (χ2v) is 4.11. The molecule has 0 aliphatic heterocycles. The fourth-order valence-corrected chi connectivity index (χ4v) is 1.98. The molecule has 12 heavy (non-hydrogen) atoms. The summed E-state index contributed by atoms with van der Waals surface area (Å²) in [5.41, 5.74) is 0. The molecule has 0 atom stereocenters. The third kappa shape index (κ3) is 6.73. The van der Waals surface area contributed by atoms with Crippen LogP contribution >= 0.6 is 21.6 Å². The molecular formula is C8H12F2S2. The molecule has 0 unspecified atom stereocenters. The van der Waals surface area contributed by atoms with Crippen molar-refractivity contribution in [3.8, 4) is 0 Å². The largest absolute Gasteiger partial charge is 0.199 e. The third-order valence-electron chi connectivity index (χ3n) is 0.930. The lowest BCUT2D eigenvalue weighted by molar-refractivity contribution is 0.692. The third-order valence-corrected chi connectivity index (χ3v) is 2.87. The van der Waals surface area contributed by atoms with Gasteiger partial charge >= 0.3 is 0 Å². The van der Waals surface area contributed by atoms with Crippen molar-refractivity contribution >= 4 is 21.6 Å². The van der Waals surface area contributed by atoms with Crippen molar-refractivity contribution in [2.45, 2.75) is 26.7 Å².